The van der Waals surface area contributed by atoms with Gasteiger partial charge in [0, 0.05) is 12.7 Å². The van der Waals surface area contributed by atoms with Gasteiger partial charge in [0.15, 0.2) is 0 Å². The van der Waals surface area contributed by atoms with Crippen LogP contribution in [0.1, 0.15) is 11.3 Å². The lowest BCUT2D eigenvalue weighted by Crippen LogP contribution is -2.06. The fourth-order valence-electron chi connectivity index (χ4n) is 1.36. The van der Waals surface area contributed by atoms with Gasteiger partial charge in [-0.05, 0) is 12.1 Å². The van der Waals surface area contributed by atoms with Gasteiger partial charge in [-0.25, -0.2) is 4.98 Å². The molecule has 0 saturated carbocycles. The summed E-state index contributed by atoms with van der Waals surface area (Å²) in [7, 11) is 0. The summed E-state index contributed by atoms with van der Waals surface area (Å²) in [6, 6.07) is 2.22. The maximum atomic E-state index is 12.4. The van der Waals surface area contributed by atoms with E-state index in [0.29, 0.717) is 11.3 Å². The van der Waals surface area contributed by atoms with Gasteiger partial charge in [-0.15, -0.1) is 0 Å². The summed E-state index contributed by atoms with van der Waals surface area (Å²) in [5.41, 5.74) is 5.30. The van der Waals surface area contributed by atoms with Gasteiger partial charge >= 0.3 is 6.18 Å². The van der Waals surface area contributed by atoms with Crippen LogP contribution in [0.5, 0.6) is 0 Å². The lowest BCUT2D eigenvalue weighted by Gasteiger charge is -2.06. The molecule has 2 aromatic rings. The molecule has 0 atom stereocenters. The van der Waals surface area contributed by atoms with Crippen molar-refractivity contribution in [2.75, 3.05) is 0 Å². The molecule has 86 valence electrons. The Balaban J connectivity index is 2.66. The van der Waals surface area contributed by atoms with Gasteiger partial charge in [0.25, 0.3) is 0 Å². The van der Waals surface area contributed by atoms with Gasteiger partial charge in [-0.2, -0.15) is 13.2 Å². The van der Waals surface area contributed by atoms with E-state index >= 15 is 0 Å². The molecule has 0 unspecified atom stereocenters. The number of imidazole rings is 1. The summed E-state index contributed by atoms with van der Waals surface area (Å²) in [4.78, 5) is 3.99. The minimum atomic E-state index is -4.40. The van der Waals surface area contributed by atoms with Crippen molar-refractivity contribution < 1.29 is 13.2 Å². The molecule has 0 bridgehead atoms. The van der Waals surface area contributed by atoms with Gasteiger partial charge in [0.2, 0.25) is 0 Å². The summed E-state index contributed by atoms with van der Waals surface area (Å²) >= 11 is 5.83. The van der Waals surface area contributed by atoms with E-state index in [1.807, 2.05) is 0 Å². The first-order valence-corrected chi connectivity index (χ1v) is 4.75. The van der Waals surface area contributed by atoms with Crippen molar-refractivity contribution in [3.8, 4) is 0 Å². The van der Waals surface area contributed by atoms with Crippen molar-refractivity contribution in [2.24, 2.45) is 5.73 Å². The molecule has 2 heterocycles. The number of pyridine rings is 1. The molecule has 16 heavy (non-hydrogen) atoms. The standard InChI is InChI=1S/C9H7ClF3N3/c10-8-6(3-14)15-7-2-1-5(4-16(7)8)9(11,12)13/h1-2,4H,3,14H2. The highest BCUT2D eigenvalue weighted by atomic mass is 35.5. The molecule has 0 aliphatic heterocycles. The molecule has 0 fully saturated rings. The van der Waals surface area contributed by atoms with Crippen molar-refractivity contribution in [2.45, 2.75) is 12.7 Å². The van der Waals surface area contributed by atoms with E-state index in [4.69, 9.17) is 17.3 Å². The van der Waals surface area contributed by atoms with Crippen LogP contribution >= 0.6 is 11.6 Å². The first-order valence-electron chi connectivity index (χ1n) is 4.37. The van der Waals surface area contributed by atoms with Crippen LogP contribution in [0.25, 0.3) is 5.65 Å². The van der Waals surface area contributed by atoms with Crippen LogP contribution in [0, 0.1) is 0 Å². The zero-order valence-corrected chi connectivity index (χ0v) is 8.68. The molecular formula is C9H7ClF3N3. The van der Waals surface area contributed by atoms with E-state index in [1.165, 1.54) is 10.5 Å². The third-order valence-corrected chi connectivity index (χ3v) is 2.55. The Morgan fingerprint density at radius 1 is 1.38 bits per heavy atom. The lowest BCUT2D eigenvalue weighted by atomic mass is 10.3. The first kappa shape index (κ1) is 11.2. The molecular weight excluding hydrogens is 243 g/mol. The molecule has 0 aliphatic rings. The van der Waals surface area contributed by atoms with E-state index in [0.717, 1.165) is 12.3 Å². The largest absolute Gasteiger partial charge is 0.417 e. The summed E-state index contributed by atoms with van der Waals surface area (Å²) in [5.74, 6) is 0. The van der Waals surface area contributed by atoms with Crippen LogP contribution in [-0.4, -0.2) is 9.38 Å². The molecule has 2 aromatic heterocycles. The van der Waals surface area contributed by atoms with E-state index in [2.05, 4.69) is 4.98 Å². The van der Waals surface area contributed by atoms with E-state index in [1.54, 1.807) is 0 Å². The number of nitrogens with two attached hydrogens (primary N) is 1. The minimum Gasteiger partial charge on any atom is -0.325 e. The minimum absolute atomic E-state index is 0.0852. The van der Waals surface area contributed by atoms with Gasteiger partial charge in [-0.1, -0.05) is 11.6 Å². The zero-order chi connectivity index (χ0) is 11.9. The van der Waals surface area contributed by atoms with Crippen molar-refractivity contribution in [1.82, 2.24) is 9.38 Å². The summed E-state index contributed by atoms with van der Waals surface area (Å²) in [5, 5.41) is 0.114. The van der Waals surface area contributed by atoms with E-state index in [9.17, 15) is 13.2 Å². The summed E-state index contributed by atoms with van der Waals surface area (Å²) in [6.45, 7) is 0.0852. The second-order valence-electron chi connectivity index (χ2n) is 3.20. The van der Waals surface area contributed by atoms with Crippen molar-refractivity contribution >= 4 is 17.2 Å². The molecule has 3 nitrogen and oxygen atoms in total. The molecule has 0 spiro atoms. The Morgan fingerprint density at radius 2 is 2.06 bits per heavy atom. The third kappa shape index (κ3) is 1.74. The summed E-state index contributed by atoms with van der Waals surface area (Å²) < 4.78 is 38.5. The van der Waals surface area contributed by atoms with Crippen molar-refractivity contribution in [1.29, 1.82) is 0 Å². The number of hydrogen-bond acceptors (Lipinski definition) is 2. The highest BCUT2D eigenvalue weighted by Crippen LogP contribution is 2.30. The molecule has 0 amide bonds. The van der Waals surface area contributed by atoms with Crippen LogP contribution in [-0.2, 0) is 12.7 Å². The topological polar surface area (TPSA) is 43.3 Å². The predicted molar refractivity (Wildman–Crippen MR) is 53.1 cm³/mol. The van der Waals surface area contributed by atoms with Gasteiger partial charge in [0.1, 0.15) is 10.8 Å². The Hall–Kier alpha value is -1.27. The number of alkyl halides is 3. The van der Waals surface area contributed by atoms with Gasteiger partial charge in [0.05, 0.1) is 11.3 Å². The molecule has 7 heteroatoms. The average Bonchev–Trinajstić information content (AvgIpc) is 2.54. The number of hydrogen-bond donors (Lipinski definition) is 1. The van der Waals surface area contributed by atoms with Crippen LogP contribution < -0.4 is 5.73 Å². The smallest absolute Gasteiger partial charge is 0.325 e. The molecule has 2 rings (SSSR count). The third-order valence-electron chi connectivity index (χ3n) is 2.15. The normalized spacial score (nSPS) is 12.3. The van der Waals surface area contributed by atoms with Crippen LogP contribution in [0.2, 0.25) is 5.15 Å². The monoisotopic (exact) mass is 249 g/mol. The van der Waals surface area contributed by atoms with Crippen LogP contribution in [0.3, 0.4) is 0 Å². The quantitative estimate of drug-likeness (QED) is 0.844. The van der Waals surface area contributed by atoms with Gasteiger partial charge in [-0.3, -0.25) is 4.40 Å². The fourth-order valence-corrected chi connectivity index (χ4v) is 1.62. The first-order chi connectivity index (χ1) is 7.43. The Morgan fingerprint density at radius 3 is 2.62 bits per heavy atom. The molecule has 0 saturated heterocycles. The molecule has 0 aromatic carbocycles. The maximum Gasteiger partial charge on any atom is 0.417 e. The van der Waals surface area contributed by atoms with E-state index < -0.39 is 11.7 Å². The zero-order valence-electron chi connectivity index (χ0n) is 7.92. The fraction of sp³-hybridized carbons (Fsp3) is 0.222. The number of rotatable bonds is 1. The SMILES string of the molecule is NCc1nc2ccc(C(F)(F)F)cn2c1Cl. The second kappa shape index (κ2) is 3.64. The lowest BCUT2D eigenvalue weighted by molar-refractivity contribution is -0.137. The van der Waals surface area contributed by atoms with Crippen LogP contribution in [0.15, 0.2) is 18.3 Å². The van der Waals surface area contributed by atoms with Crippen LogP contribution in [0.4, 0.5) is 13.2 Å². The molecule has 0 aliphatic carbocycles. The Kier molecular flexibility index (Phi) is 2.55. The number of nitrogens with zero attached hydrogens (tertiary/aromatic N) is 2. The summed E-state index contributed by atoms with van der Waals surface area (Å²) in [6.07, 6.45) is -3.49. The number of fused-ring (bicyclic) bond motifs is 1. The van der Waals surface area contributed by atoms with Crippen molar-refractivity contribution in [3.63, 3.8) is 0 Å². The van der Waals surface area contributed by atoms with E-state index in [-0.39, 0.29) is 11.7 Å². The Bertz CT molecular complexity index is 533. The highest BCUT2D eigenvalue weighted by Gasteiger charge is 2.31. The number of aromatic nitrogens is 2. The predicted octanol–water partition coefficient (Wildman–Crippen LogP) is 2.47. The number of halogens is 4. The maximum absolute atomic E-state index is 12.4. The Labute approximate surface area is 93.6 Å². The average molecular weight is 250 g/mol. The molecule has 2 N–H and O–H groups in total. The molecule has 0 radical (unpaired) electrons. The second-order valence-corrected chi connectivity index (χ2v) is 3.56. The van der Waals surface area contributed by atoms with Gasteiger partial charge < -0.3 is 5.73 Å². The van der Waals surface area contributed by atoms with Crippen molar-refractivity contribution in [3.05, 3.63) is 34.7 Å². The highest BCUT2D eigenvalue weighted by molar-refractivity contribution is 6.30.